The summed E-state index contributed by atoms with van der Waals surface area (Å²) in [5.74, 6) is 0.542. The van der Waals surface area contributed by atoms with Gasteiger partial charge in [-0.3, -0.25) is 0 Å². The molecule has 0 amide bonds. The zero-order chi connectivity index (χ0) is 12.8. The highest BCUT2D eigenvalue weighted by molar-refractivity contribution is 14.0. The number of benzene rings is 1. The third-order valence-corrected chi connectivity index (χ3v) is 2.81. The van der Waals surface area contributed by atoms with Crippen LogP contribution >= 0.6 is 24.0 Å². The SMILES string of the molecule is I.N#Cc1cccc(CN=C(N)N2CCOCC2)c1. The summed E-state index contributed by atoms with van der Waals surface area (Å²) < 4.78 is 5.25. The van der Waals surface area contributed by atoms with Crippen LogP contribution in [0.4, 0.5) is 0 Å². The van der Waals surface area contributed by atoms with Crippen LogP contribution in [0.5, 0.6) is 0 Å². The molecule has 1 aliphatic rings. The molecule has 2 rings (SSSR count). The molecule has 0 bridgehead atoms. The standard InChI is InChI=1S/C13H16N4O.HI/c14-9-11-2-1-3-12(8-11)10-16-13(15)17-4-6-18-7-5-17;/h1-3,8H,4-7,10H2,(H2,15,16);1H. The molecule has 0 atom stereocenters. The second-order valence-electron chi connectivity index (χ2n) is 4.09. The molecule has 6 heteroatoms. The Hall–Kier alpha value is -1.33. The van der Waals surface area contributed by atoms with Gasteiger partial charge < -0.3 is 15.4 Å². The molecule has 1 aromatic carbocycles. The highest BCUT2D eigenvalue weighted by atomic mass is 127. The average molecular weight is 372 g/mol. The first kappa shape index (κ1) is 15.7. The van der Waals surface area contributed by atoms with E-state index in [1.54, 1.807) is 6.07 Å². The molecule has 1 aromatic rings. The minimum absolute atomic E-state index is 0. The number of ether oxygens (including phenoxy) is 1. The van der Waals surface area contributed by atoms with Gasteiger partial charge in [0.15, 0.2) is 5.96 Å². The summed E-state index contributed by atoms with van der Waals surface area (Å²) in [6.45, 7) is 3.46. The van der Waals surface area contributed by atoms with E-state index in [1.165, 1.54) is 0 Å². The zero-order valence-electron chi connectivity index (χ0n) is 10.6. The van der Waals surface area contributed by atoms with Crippen LogP contribution in [0.15, 0.2) is 29.3 Å². The fourth-order valence-corrected chi connectivity index (χ4v) is 1.80. The molecule has 0 saturated carbocycles. The van der Waals surface area contributed by atoms with Crippen molar-refractivity contribution in [2.45, 2.75) is 6.54 Å². The van der Waals surface area contributed by atoms with Gasteiger partial charge in [0, 0.05) is 13.1 Å². The molecule has 5 nitrogen and oxygen atoms in total. The van der Waals surface area contributed by atoms with Crippen LogP contribution < -0.4 is 5.73 Å². The molecule has 2 N–H and O–H groups in total. The number of hydrogen-bond donors (Lipinski definition) is 1. The van der Waals surface area contributed by atoms with E-state index in [4.69, 9.17) is 15.7 Å². The Bertz CT molecular complexity index is 478. The summed E-state index contributed by atoms with van der Waals surface area (Å²) >= 11 is 0. The summed E-state index contributed by atoms with van der Waals surface area (Å²) in [4.78, 5) is 6.36. The van der Waals surface area contributed by atoms with Crippen LogP contribution in [0.1, 0.15) is 11.1 Å². The maximum atomic E-state index is 8.81. The summed E-state index contributed by atoms with van der Waals surface area (Å²) in [5.41, 5.74) is 7.56. The highest BCUT2D eigenvalue weighted by Crippen LogP contribution is 2.06. The number of nitriles is 1. The predicted octanol–water partition coefficient (Wildman–Crippen LogP) is 1.32. The van der Waals surface area contributed by atoms with Crippen LogP contribution in [0.3, 0.4) is 0 Å². The van der Waals surface area contributed by atoms with E-state index in [2.05, 4.69) is 11.1 Å². The first-order valence-corrected chi connectivity index (χ1v) is 5.91. The number of nitrogens with zero attached hydrogens (tertiary/aromatic N) is 3. The number of nitrogens with two attached hydrogens (primary N) is 1. The van der Waals surface area contributed by atoms with Gasteiger partial charge >= 0.3 is 0 Å². The van der Waals surface area contributed by atoms with Crippen molar-refractivity contribution in [2.75, 3.05) is 26.3 Å². The molecule has 0 spiro atoms. The summed E-state index contributed by atoms with van der Waals surface area (Å²) in [5, 5.41) is 8.81. The number of hydrogen-bond acceptors (Lipinski definition) is 3. The molecular weight excluding hydrogens is 355 g/mol. The summed E-state index contributed by atoms with van der Waals surface area (Å²) in [6.07, 6.45) is 0. The quantitative estimate of drug-likeness (QED) is 0.483. The van der Waals surface area contributed by atoms with Crippen LogP contribution in [-0.4, -0.2) is 37.2 Å². The van der Waals surface area contributed by atoms with Crippen molar-refractivity contribution in [3.8, 4) is 6.07 Å². The Labute approximate surface area is 130 Å². The van der Waals surface area contributed by atoms with Gasteiger partial charge in [-0.25, -0.2) is 4.99 Å². The third-order valence-electron chi connectivity index (χ3n) is 2.81. The first-order chi connectivity index (χ1) is 8.79. The zero-order valence-corrected chi connectivity index (χ0v) is 12.9. The van der Waals surface area contributed by atoms with Crippen molar-refractivity contribution in [2.24, 2.45) is 10.7 Å². The molecule has 1 heterocycles. The molecule has 0 aromatic heterocycles. The molecule has 1 saturated heterocycles. The van der Waals surface area contributed by atoms with E-state index >= 15 is 0 Å². The van der Waals surface area contributed by atoms with Gasteiger partial charge in [-0.15, -0.1) is 24.0 Å². The second-order valence-corrected chi connectivity index (χ2v) is 4.09. The van der Waals surface area contributed by atoms with E-state index in [9.17, 15) is 0 Å². The number of aliphatic imine (C=N–C) groups is 1. The molecule has 0 radical (unpaired) electrons. The second kappa shape index (κ2) is 7.96. The van der Waals surface area contributed by atoms with Crippen molar-refractivity contribution in [3.63, 3.8) is 0 Å². The normalized spacial score (nSPS) is 15.5. The van der Waals surface area contributed by atoms with Gasteiger partial charge in [0.25, 0.3) is 0 Å². The number of rotatable bonds is 2. The maximum absolute atomic E-state index is 8.81. The van der Waals surface area contributed by atoms with Crippen LogP contribution in [0, 0.1) is 11.3 Å². The number of morpholine rings is 1. The van der Waals surface area contributed by atoms with Gasteiger partial charge in [-0.1, -0.05) is 12.1 Å². The topological polar surface area (TPSA) is 74.6 Å². The van der Waals surface area contributed by atoms with Crippen LogP contribution in [-0.2, 0) is 11.3 Å². The highest BCUT2D eigenvalue weighted by Gasteiger charge is 2.11. The number of halogens is 1. The van der Waals surface area contributed by atoms with Crippen molar-refractivity contribution in [1.82, 2.24) is 4.90 Å². The van der Waals surface area contributed by atoms with Gasteiger partial charge in [0.05, 0.1) is 31.4 Å². The Kier molecular flexibility index (Phi) is 6.59. The lowest BCUT2D eigenvalue weighted by atomic mass is 10.1. The molecule has 19 heavy (non-hydrogen) atoms. The lowest BCUT2D eigenvalue weighted by Crippen LogP contribution is -2.44. The van der Waals surface area contributed by atoms with Crippen LogP contribution in [0.25, 0.3) is 0 Å². The minimum atomic E-state index is 0. The molecular formula is C13H17IN4O. The van der Waals surface area contributed by atoms with Crippen LogP contribution in [0.2, 0.25) is 0 Å². The summed E-state index contributed by atoms with van der Waals surface area (Å²) in [6, 6.07) is 9.51. The van der Waals surface area contributed by atoms with E-state index in [-0.39, 0.29) is 24.0 Å². The van der Waals surface area contributed by atoms with Crippen molar-refractivity contribution < 1.29 is 4.74 Å². The summed E-state index contributed by atoms with van der Waals surface area (Å²) in [7, 11) is 0. The third kappa shape index (κ3) is 4.69. The smallest absolute Gasteiger partial charge is 0.191 e. The number of guanidine groups is 1. The van der Waals surface area contributed by atoms with E-state index < -0.39 is 0 Å². The monoisotopic (exact) mass is 372 g/mol. The lowest BCUT2D eigenvalue weighted by Gasteiger charge is -2.27. The first-order valence-electron chi connectivity index (χ1n) is 5.91. The van der Waals surface area contributed by atoms with Gasteiger partial charge in [0.2, 0.25) is 0 Å². The predicted molar refractivity (Wildman–Crippen MR) is 84.3 cm³/mol. The Morgan fingerprint density at radius 3 is 2.84 bits per heavy atom. The minimum Gasteiger partial charge on any atom is -0.378 e. The maximum Gasteiger partial charge on any atom is 0.191 e. The van der Waals surface area contributed by atoms with E-state index in [0.717, 1.165) is 18.7 Å². The molecule has 102 valence electrons. The molecule has 0 unspecified atom stereocenters. The Balaban J connectivity index is 0.00000180. The van der Waals surface area contributed by atoms with Gasteiger partial charge in [-0.05, 0) is 17.7 Å². The fraction of sp³-hybridized carbons (Fsp3) is 0.385. The Morgan fingerprint density at radius 1 is 1.42 bits per heavy atom. The van der Waals surface area contributed by atoms with Gasteiger partial charge in [-0.2, -0.15) is 5.26 Å². The lowest BCUT2D eigenvalue weighted by molar-refractivity contribution is 0.0674. The molecule has 1 fully saturated rings. The van der Waals surface area contributed by atoms with E-state index in [1.807, 2.05) is 23.1 Å². The van der Waals surface area contributed by atoms with Crippen molar-refractivity contribution in [1.29, 1.82) is 5.26 Å². The van der Waals surface area contributed by atoms with Crippen molar-refractivity contribution >= 4 is 29.9 Å². The van der Waals surface area contributed by atoms with Crippen molar-refractivity contribution in [3.05, 3.63) is 35.4 Å². The molecule has 1 aliphatic heterocycles. The van der Waals surface area contributed by atoms with E-state index in [0.29, 0.717) is 31.3 Å². The average Bonchev–Trinajstić information content (AvgIpc) is 2.46. The largest absolute Gasteiger partial charge is 0.378 e. The Morgan fingerprint density at radius 2 is 2.16 bits per heavy atom. The van der Waals surface area contributed by atoms with Gasteiger partial charge in [0.1, 0.15) is 0 Å². The molecule has 0 aliphatic carbocycles. The fourth-order valence-electron chi connectivity index (χ4n) is 1.80.